The van der Waals surface area contributed by atoms with Crippen LogP contribution in [0.1, 0.15) is 13.8 Å². The van der Waals surface area contributed by atoms with Crippen molar-refractivity contribution in [2.75, 3.05) is 0 Å². The largest absolute Gasteiger partial charge is 0.409 e. The van der Waals surface area contributed by atoms with Crippen LogP contribution in [-0.4, -0.2) is 11.0 Å². The van der Waals surface area contributed by atoms with Gasteiger partial charge in [0.25, 0.3) is 5.69 Å². The Labute approximate surface area is 81.8 Å². The number of nitro groups is 1. The molecule has 0 aliphatic rings. The first-order chi connectivity index (χ1) is 6.59. The van der Waals surface area contributed by atoms with Crippen molar-refractivity contribution in [3.63, 3.8) is 0 Å². The average Bonchev–Trinajstić information content (AvgIpc) is 2.15. The molecule has 0 saturated heterocycles. The van der Waals surface area contributed by atoms with Crippen LogP contribution in [0.3, 0.4) is 0 Å². The number of nitrogens with zero attached hydrogens (tertiary/aromatic N) is 1. The van der Waals surface area contributed by atoms with Gasteiger partial charge in [-0.25, -0.2) is 0 Å². The van der Waals surface area contributed by atoms with Crippen molar-refractivity contribution in [3.05, 3.63) is 34.4 Å². The standard InChI is InChI=1S/C9H12N2O3/c1-7(2)10-14-9-5-3-8(4-6-9)11(12)13/h3-7,10H,1-2H3. The first kappa shape index (κ1) is 10.5. The molecule has 0 spiro atoms. The van der Waals surface area contributed by atoms with Crippen molar-refractivity contribution in [1.82, 2.24) is 5.48 Å². The lowest BCUT2D eigenvalue weighted by molar-refractivity contribution is -0.384. The fraction of sp³-hybridized carbons (Fsp3) is 0.333. The molecule has 0 aromatic heterocycles. The summed E-state index contributed by atoms with van der Waals surface area (Å²) in [5, 5.41) is 10.3. The first-order valence-electron chi connectivity index (χ1n) is 4.26. The second-order valence-corrected chi connectivity index (χ2v) is 3.13. The third-order valence-corrected chi connectivity index (χ3v) is 1.46. The monoisotopic (exact) mass is 196 g/mol. The fourth-order valence-corrected chi connectivity index (χ4v) is 0.822. The van der Waals surface area contributed by atoms with Crippen LogP contribution in [0, 0.1) is 10.1 Å². The summed E-state index contributed by atoms with van der Waals surface area (Å²) in [5.41, 5.74) is 2.80. The zero-order valence-corrected chi connectivity index (χ0v) is 8.06. The molecule has 1 rings (SSSR count). The zero-order valence-electron chi connectivity index (χ0n) is 8.06. The Bertz CT molecular complexity index is 308. The van der Waals surface area contributed by atoms with Gasteiger partial charge in [-0.05, 0) is 26.0 Å². The van der Waals surface area contributed by atoms with Crippen molar-refractivity contribution in [1.29, 1.82) is 0 Å². The van der Waals surface area contributed by atoms with Crippen molar-refractivity contribution >= 4 is 5.69 Å². The summed E-state index contributed by atoms with van der Waals surface area (Å²) in [6.45, 7) is 3.87. The molecule has 0 unspecified atom stereocenters. The van der Waals surface area contributed by atoms with Gasteiger partial charge in [0.1, 0.15) is 5.75 Å². The van der Waals surface area contributed by atoms with Crippen LogP contribution in [-0.2, 0) is 0 Å². The number of nitro benzene ring substituents is 1. The van der Waals surface area contributed by atoms with Crippen LogP contribution in [0.2, 0.25) is 0 Å². The van der Waals surface area contributed by atoms with Crippen molar-refractivity contribution in [3.8, 4) is 5.75 Å². The molecule has 0 saturated carbocycles. The maximum absolute atomic E-state index is 10.3. The fourth-order valence-electron chi connectivity index (χ4n) is 0.822. The number of benzene rings is 1. The van der Waals surface area contributed by atoms with Crippen LogP contribution in [0.25, 0.3) is 0 Å². The lowest BCUT2D eigenvalue weighted by Gasteiger charge is -2.08. The Hall–Kier alpha value is -1.62. The van der Waals surface area contributed by atoms with Gasteiger partial charge >= 0.3 is 0 Å². The van der Waals surface area contributed by atoms with Gasteiger partial charge in [-0.1, -0.05) is 0 Å². The van der Waals surface area contributed by atoms with E-state index in [-0.39, 0.29) is 11.7 Å². The van der Waals surface area contributed by atoms with Crippen molar-refractivity contribution in [2.24, 2.45) is 0 Å². The maximum Gasteiger partial charge on any atom is 0.269 e. The number of hydrogen-bond donors (Lipinski definition) is 1. The highest BCUT2D eigenvalue weighted by molar-refractivity contribution is 5.35. The van der Waals surface area contributed by atoms with Crippen molar-refractivity contribution in [2.45, 2.75) is 19.9 Å². The molecule has 1 N–H and O–H groups in total. The van der Waals surface area contributed by atoms with E-state index in [1.807, 2.05) is 13.8 Å². The lowest BCUT2D eigenvalue weighted by atomic mass is 10.3. The number of nitrogens with one attached hydrogen (secondary N) is 1. The lowest BCUT2D eigenvalue weighted by Crippen LogP contribution is -2.26. The summed E-state index contributed by atoms with van der Waals surface area (Å²) >= 11 is 0. The Balaban J connectivity index is 2.60. The maximum atomic E-state index is 10.3. The number of hydrogen-bond acceptors (Lipinski definition) is 4. The minimum absolute atomic E-state index is 0.0573. The Kier molecular flexibility index (Phi) is 3.41. The van der Waals surface area contributed by atoms with Gasteiger partial charge in [-0.3, -0.25) is 10.1 Å². The van der Waals surface area contributed by atoms with E-state index in [0.29, 0.717) is 5.75 Å². The molecule has 1 aromatic carbocycles. The molecule has 0 bridgehead atoms. The molecule has 0 aliphatic carbocycles. The molecular weight excluding hydrogens is 184 g/mol. The SMILES string of the molecule is CC(C)NOc1ccc([N+](=O)[O-])cc1. The Morgan fingerprint density at radius 1 is 1.36 bits per heavy atom. The van der Waals surface area contributed by atoms with Crippen LogP contribution in [0.4, 0.5) is 5.69 Å². The van der Waals surface area contributed by atoms with Gasteiger partial charge in [0.05, 0.1) is 4.92 Å². The minimum Gasteiger partial charge on any atom is -0.409 e. The molecule has 0 fully saturated rings. The minimum atomic E-state index is -0.445. The summed E-state index contributed by atoms with van der Waals surface area (Å²) in [4.78, 5) is 15.0. The third kappa shape index (κ3) is 3.02. The highest BCUT2D eigenvalue weighted by atomic mass is 16.6. The van der Waals surface area contributed by atoms with Crippen LogP contribution in [0.15, 0.2) is 24.3 Å². The van der Waals surface area contributed by atoms with E-state index in [1.165, 1.54) is 12.1 Å². The summed E-state index contributed by atoms with van der Waals surface area (Å²) < 4.78 is 0. The molecule has 0 aliphatic heterocycles. The van der Waals surface area contributed by atoms with Gasteiger partial charge in [-0.15, -0.1) is 0 Å². The van der Waals surface area contributed by atoms with Gasteiger partial charge in [0.2, 0.25) is 0 Å². The second kappa shape index (κ2) is 4.57. The molecule has 0 atom stereocenters. The summed E-state index contributed by atoms with van der Waals surface area (Å²) in [7, 11) is 0. The topological polar surface area (TPSA) is 64.4 Å². The molecular formula is C9H12N2O3. The van der Waals surface area contributed by atoms with E-state index in [2.05, 4.69) is 5.48 Å². The Morgan fingerprint density at radius 3 is 2.36 bits per heavy atom. The quantitative estimate of drug-likeness (QED) is 0.590. The molecule has 0 radical (unpaired) electrons. The van der Waals surface area contributed by atoms with E-state index in [4.69, 9.17) is 4.84 Å². The Morgan fingerprint density at radius 2 is 1.93 bits per heavy atom. The van der Waals surface area contributed by atoms with E-state index >= 15 is 0 Å². The van der Waals surface area contributed by atoms with Crippen LogP contribution in [0.5, 0.6) is 5.75 Å². The normalized spacial score (nSPS) is 10.2. The molecule has 0 heterocycles. The summed E-state index contributed by atoms with van der Waals surface area (Å²) in [5.74, 6) is 0.560. The molecule has 0 amide bonds. The number of non-ortho nitro benzene ring substituents is 1. The molecule has 1 aromatic rings. The number of hydroxylamine groups is 1. The van der Waals surface area contributed by atoms with E-state index in [0.717, 1.165) is 0 Å². The summed E-state index contributed by atoms with van der Waals surface area (Å²) in [6, 6.07) is 6.10. The molecule has 5 nitrogen and oxygen atoms in total. The van der Waals surface area contributed by atoms with Gasteiger partial charge in [0, 0.05) is 18.2 Å². The van der Waals surface area contributed by atoms with Gasteiger partial charge in [-0.2, -0.15) is 5.48 Å². The third-order valence-electron chi connectivity index (χ3n) is 1.46. The van der Waals surface area contributed by atoms with Crippen molar-refractivity contribution < 1.29 is 9.76 Å². The van der Waals surface area contributed by atoms with E-state index in [1.54, 1.807) is 12.1 Å². The van der Waals surface area contributed by atoms with E-state index in [9.17, 15) is 10.1 Å². The summed E-state index contributed by atoms with van der Waals surface area (Å²) in [6.07, 6.45) is 0. The van der Waals surface area contributed by atoms with Crippen LogP contribution < -0.4 is 10.3 Å². The zero-order chi connectivity index (χ0) is 10.6. The van der Waals surface area contributed by atoms with Crippen LogP contribution >= 0.6 is 0 Å². The highest BCUT2D eigenvalue weighted by Gasteiger charge is 2.04. The van der Waals surface area contributed by atoms with E-state index < -0.39 is 4.92 Å². The van der Waals surface area contributed by atoms with Gasteiger partial charge in [0.15, 0.2) is 0 Å². The van der Waals surface area contributed by atoms with Gasteiger partial charge < -0.3 is 4.84 Å². The number of rotatable bonds is 4. The predicted molar refractivity (Wildman–Crippen MR) is 52.0 cm³/mol. The molecule has 5 heteroatoms. The first-order valence-corrected chi connectivity index (χ1v) is 4.26. The molecule has 14 heavy (non-hydrogen) atoms. The molecule has 76 valence electrons. The highest BCUT2D eigenvalue weighted by Crippen LogP contribution is 2.16. The average molecular weight is 196 g/mol. The smallest absolute Gasteiger partial charge is 0.269 e. The predicted octanol–water partition coefficient (Wildman–Crippen LogP) is 1.89. The second-order valence-electron chi connectivity index (χ2n) is 3.13.